The minimum absolute atomic E-state index is 0.0766. The van der Waals surface area contributed by atoms with Crippen molar-refractivity contribution in [2.24, 2.45) is 12.0 Å². The van der Waals surface area contributed by atoms with Gasteiger partial charge in [-0.3, -0.25) is 14.5 Å². The number of halogens is 2. The van der Waals surface area contributed by atoms with Crippen molar-refractivity contribution in [2.45, 2.75) is 6.54 Å². The third-order valence-electron chi connectivity index (χ3n) is 4.87. The van der Waals surface area contributed by atoms with E-state index in [1.54, 1.807) is 31.3 Å². The highest BCUT2D eigenvalue weighted by Crippen LogP contribution is 2.28. The lowest BCUT2D eigenvalue weighted by Crippen LogP contribution is -2.16. The van der Waals surface area contributed by atoms with Gasteiger partial charge in [0.15, 0.2) is 5.76 Å². The normalized spacial score (nSPS) is 12.9. The van der Waals surface area contributed by atoms with Crippen molar-refractivity contribution in [3.63, 3.8) is 0 Å². The summed E-state index contributed by atoms with van der Waals surface area (Å²) in [5.41, 5.74) is 2.32. The molecule has 1 amide bonds. The van der Waals surface area contributed by atoms with Crippen LogP contribution in [0.25, 0.3) is 10.9 Å². The number of aromatic nitrogens is 3. The van der Waals surface area contributed by atoms with Gasteiger partial charge in [0.25, 0.3) is 5.91 Å². The van der Waals surface area contributed by atoms with E-state index < -0.39 is 23.1 Å². The summed E-state index contributed by atoms with van der Waals surface area (Å²) in [6.07, 6.45) is 2.78. The lowest BCUT2D eigenvalue weighted by molar-refractivity contribution is 0.101. The molecule has 0 bridgehead atoms. The molecule has 0 radical (unpaired) electrons. The minimum atomic E-state index is -0.957. The van der Waals surface area contributed by atoms with Gasteiger partial charge in [-0.05, 0) is 17.7 Å². The molecule has 0 aliphatic carbocycles. The van der Waals surface area contributed by atoms with E-state index in [9.17, 15) is 13.6 Å². The maximum atomic E-state index is 14.8. The number of amides is 1. The molecule has 1 aliphatic rings. The lowest BCUT2D eigenvalue weighted by atomic mass is 10.0. The van der Waals surface area contributed by atoms with E-state index >= 15 is 0 Å². The second kappa shape index (κ2) is 6.33. The van der Waals surface area contributed by atoms with E-state index in [2.05, 4.69) is 20.6 Å². The molecule has 0 unspecified atom stereocenters. The van der Waals surface area contributed by atoms with Gasteiger partial charge >= 0.3 is 0 Å². The molecule has 0 saturated heterocycles. The van der Waals surface area contributed by atoms with Gasteiger partial charge in [-0.25, -0.2) is 8.78 Å². The van der Waals surface area contributed by atoms with Crippen LogP contribution in [0.1, 0.15) is 27.2 Å². The van der Waals surface area contributed by atoms with Gasteiger partial charge in [0, 0.05) is 30.4 Å². The fourth-order valence-electron chi connectivity index (χ4n) is 3.43. The molecule has 2 aromatic heterocycles. The van der Waals surface area contributed by atoms with Crippen LogP contribution in [0.4, 0.5) is 14.5 Å². The first-order chi connectivity index (χ1) is 14.0. The van der Waals surface area contributed by atoms with Crippen molar-refractivity contribution in [1.82, 2.24) is 14.9 Å². The number of benzene rings is 2. The number of hydrogen-bond donors (Lipinski definition) is 1. The summed E-state index contributed by atoms with van der Waals surface area (Å²) in [5.74, 6) is -2.29. The van der Waals surface area contributed by atoms with Crippen LogP contribution in [-0.2, 0) is 13.6 Å². The number of aryl methyl sites for hydroxylation is 1. The molecule has 0 atom stereocenters. The summed E-state index contributed by atoms with van der Waals surface area (Å²) in [6, 6.07) is 7.94. The molecular weight excluding hydrogens is 380 g/mol. The summed E-state index contributed by atoms with van der Waals surface area (Å²) in [5, 5.41) is 10.2. The Morgan fingerprint density at radius 1 is 1.24 bits per heavy atom. The predicted octanol–water partition coefficient (Wildman–Crippen LogP) is 3.44. The summed E-state index contributed by atoms with van der Waals surface area (Å²) in [4.78, 5) is 17.1. The van der Waals surface area contributed by atoms with Crippen LogP contribution in [0.15, 0.2) is 52.2 Å². The van der Waals surface area contributed by atoms with Crippen LogP contribution in [0.2, 0.25) is 0 Å². The number of nitrogens with one attached hydrogen (secondary N) is 1. The average molecular weight is 393 g/mol. The molecule has 0 fully saturated rings. The van der Waals surface area contributed by atoms with E-state index in [1.807, 2.05) is 0 Å². The Morgan fingerprint density at radius 3 is 2.90 bits per heavy atom. The molecule has 0 spiro atoms. The third-order valence-corrected chi connectivity index (χ3v) is 4.87. The van der Waals surface area contributed by atoms with Gasteiger partial charge in [0.2, 0.25) is 0 Å². The standard InChI is InChI=1S/C20H13F2N5O2/c1-27-15-7-14(21)17(18(22)13(15)9-24-27)20(28)26-11-3-2-10-8-23-19(12(10)6-11)16-4-5-25-29-16/h2-7,9H,8H2,1H3,(H,26,28). The molecule has 5 rings (SSSR count). The summed E-state index contributed by atoms with van der Waals surface area (Å²) in [6.45, 7) is 0.473. The highest BCUT2D eigenvalue weighted by Gasteiger charge is 2.24. The number of aliphatic imine (C=N–C) groups is 1. The second-order valence-corrected chi connectivity index (χ2v) is 6.62. The van der Waals surface area contributed by atoms with Crippen molar-refractivity contribution in [1.29, 1.82) is 0 Å². The number of nitrogens with zero attached hydrogens (tertiary/aromatic N) is 4. The van der Waals surface area contributed by atoms with Crippen molar-refractivity contribution in [3.8, 4) is 0 Å². The molecule has 4 aromatic rings. The highest BCUT2D eigenvalue weighted by atomic mass is 19.1. The van der Waals surface area contributed by atoms with Gasteiger partial charge in [0.1, 0.15) is 22.9 Å². The van der Waals surface area contributed by atoms with Crippen LogP contribution < -0.4 is 5.32 Å². The van der Waals surface area contributed by atoms with Gasteiger partial charge in [-0.15, -0.1) is 0 Å². The summed E-state index contributed by atoms with van der Waals surface area (Å²) in [7, 11) is 1.57. The maximum absolute atomic E-state index is 14.8. The van der Waals surface area contributed by atoms with Crippen LogP contribution >= 0.6 is 0 Å². The SMILES string of the molecule is Cn1ncc2c(F)c(C(=O)Nc3ccc4c(c3)C(c3ccno3)=NC4)c(F)cc21. The lowest BCUT2D eigenvalue weighted by Gasteiger charge is -2.10. The Bertz CT molecular complexity index is 1310. The Hall–Kier alpha value is -3.88. The van der Waals surface area contributed by atoms with Crippen LogP contribution in [0.3, 0.4) is 0 Å². The Kier molecular flexibility index (Phi) is 3.76. The van der Waals surface area contributed by atoms with E-state index in [4.69, 9.17) is 4.52 Å². The summed E-state index contributed by atoms with van der Waals surface area (Å²) < 4.78 is 35.8. The molecule has 9 heteroatoms. The third kappa shape index (κ3) is 2.70. The molecule has 1 N–H and O–H groups in total. The number of carbonyl (C=O) groups is 1. The minimum Gasteiger partial charge on any atom is -0.355 e. The first-order valence-corrected chi connectivity index (χ1v) is 8.73. The Morgan fingerprint density at radius 2 is 2.10 bits per heavy atom. The number of fused-ring (bicyclic) bond motifs is 2. The van der Waals surface area contributed by atoms with Gasteiger partial charge in [0.05, 0.1) is 29.8 Å². The monoisotopic (exact) mass is 393 g/mol. The van der Waals surface area contributed by atoms with Crippen LogP contribution in [0, 0.1) is 11.6 Å². The van der Waals surface area contributed by atoms with E-state index in [1.165, 1.54) is 17.1 Å². The number of rotatable bonds is 3. The van der Waals surface area contributed by atoms with E-state index in [-0.39, 0.29) is 10.9 Å². The van der Waals surface area contributed by atoms with Crippen molar-refractivity contribution in [3.05, 3.63) is 76.8 Å². The van der Waals surface area contributed by atoms with Crippen molar-refractivity contribution >= 4 is 28.2 Å². The largest absolute Gasteiger partial charge is 0.355 e. The fourth-order valence-corrected chi connectivity index (χ4v) is 3.43. The van der Waals surface area contributed by atoms with Gasteiger partial charge in [-0.2, -0.15) is 5.10 Å². The van der Waals surface area contributed by atoms with Crippen LogP contribution in [0.5, 0.6) is 0 Å². The van der Waals surface area contributed by atoms with Crippen LogP contribution in [-0.4, -0.2) is 26.6 Å². The van der Waals surface area contributed by atoms with E-state index in [0.717, 1.165) is 17.2 Å². The van der Waals surface area contributed by atoms with Crippen molar-refractivity contribution in [2.75, 3.05) is 5.32 Å². The topological polar surface area (TPSA) is 85.3 Å². The molecule has 144 valence electrons. The number of anilines is 1. The number of hydrogen-bond acceptors (Lipinski definition) is 5. The molecule has 0 saturated carbocycles. The molecule has 29 heavy (non-hydrogen) atoms. The zero-order valence-corrected chi connectivity index (χ0v) is 15.1. The first-order valence-electron chi connectivity index (χ1n) is 8.73. The summed E-state index contributed by atoms with van der Waals surface area (Å²) >= 11 is 0. The molecule has 7 nitrogen and oxygen atoms in total. The molecule has 3 heterocycles. The molecular formula is C20H13F2N5O2. The van der Waals surface area contributed by atoms with Crippen molar-refractivity contribution < 1.29 is 18.1 Å². The zero-order valence-electron chi connectivity index (χ0n) is 15.1. The highest BCUT2D eigenvalue weighted by molar-refractivity contribution is 6.14. The first kappa shape index (κ1) is 17.2. The smallest absolute Gasteiger partial charge is 0.261 e. The van der Waals surface area contributed by atoms with E-state index in [0.29, 0.717) is 23.7 Å². The van der Waals surface area contributed by atoms with Gasteiger partial charge in [-0.1, -0.05) is 11.2 Å². The Balaban J connectivity index is 1.49. The predicted molar refractivity (Wildman–Crippen MR) is 101 cm³/mol. The molecule has 2 aromatic carbocycles. The second-order valence-electron chi connectivity index (χ2n) is 6.62. The average Bonchev–Trinajstić information content (AvgIpc) is 3.42. The zero-order chi connectivity index (χ0) is 20.1. The van der Waals surface area contributed by atoms with Gasteiger partial charge < -0.3 is 9.84 Å². The fraction of sp³-hybridized carbons (Fsp3) is 0.100. The number of carbonyl (C=O) groups excluding carboxylic acids is 1. The molecule has 1 aliphatic heterocycles. The maximum Gasteiger partial charge on any atom is 0.261 e. The quantitative estimate of drug-likeness (QED) is 0.578. The Labute approximate surface area is 162 Å².